The molecule has 0 atom stereocenters. The second kappa shape index (κ2) is 4.57. The second-order valence-electron chi connectivity index (χ2n) is 5.67. The number of aromatic nitrogens is 1. The van der Waals surface area contributed by atoms with E-state index in [9.17, 15) is 9.90 Å². The Morgan fingerprint density at radius 3 is 2.85 bits per heavy atom. The number of nitrogens with zero attached hydrogens (tertiary/aromatic N) is 1. The number of aromatic hydroxyl groups is 1. The molecule has 104 valence electrons. The number of Topliss-reactive ketones (excluding diaryl/α,β-unsaturated/α-hetero) is 1. The van der Waals surface area contributed by atoms with Gasteiger partial charge in [0.15, 0.2) is 5.78 Å². The Kier molecular flexibility index (Phi) is 3.10. The molecule has 0 aliphatic heterocycles. The molecule has 1 aliphatic rings. The van der Waals surface area contributed by atoms with Crippen molar-refractivity contribution in [2.75, 3.05) is 0 Å². The molecular formula is C15H14ClNO2S. The van der Waals surface area contributed by atoms with E-state index < -0.39 is 0 Å². The van der Waals surface area contributed by atoms with E-state index in [1.807, 2.05) is 13.8 Å². The Balaban J connectivity index is 2.06. The predicted octanol–water partition coefficient (Wildman–Crippen LogP) is 4.32. The Bertz CT molecular complexity index is 706. The van der Waals surface area contributed by atoms with Gasteiger partial charge in [-0.3, -0.25) is 4.79 Å². The number of phenolic OH excluding ortho intramolecular Hbond substituents is 1. The van der Waals surface area contributed by atoms with Crippen LogP contribution in [0.3, 0.4) is 0 Å². The van der Waals surface area contributed by atoms with Crippen LogP contribution in [0.2, 0.25) is 5.02 Å². The zero-order valence-corrected chi connectivity index (χ0v) is 12.8. The van der Waals surface area contributed by atoms with E-state index >= 15 is 0 Å². The molecule has 0 saturated carbocycles. The van der Waals surface area contributed by atoms with Crippen molar-refractivity contribution in [1.82, 2.24) is 4.98 Å². The van der Waals surface area contributed by atoms with E-state index in [0.717, 1.165) is 34.0 Å². The summed E-state index contributed by atoms with van der Waals surface area (Å²) in [7, 11) is 0. The number of ketones is 1. The first kappa shape index (κ1) is 13.6. The number of fused-ring (bicyclic) bond motifs is 1. The van der Waals surface area contributed by atoms with Crippen LogP contribution >= 0.6 is 22.9 Å². The van der Waals surface area contributed by atoms with Crippen LogP contribution in [0.15, 0.2) is 18.2 Å². The van der Waals surface area contributed by atoms with Gasteiger partial charge in [-0.2, -0.15) is 0 Å². The predicted molar refractivity (Wildman–Crippen MR) is 80.7 cm³/mol. The number of hydrogen-bond donors (Lipinski definition) is 1. The number of carbonyl (C=O) groups excluding carboxylic acids is 1. The van der Waals surface area contributed by atoms with Gasteiger partial charge in [0, 0.05) is 11.0 Å². The molecular weight excluding hydrogens is 294 g/mol. The van der Waals surface area contributed by atoms with Crippen LogP contribution in [0.4, 0.5) is 0 Å². The SMILES string of the molecule is CC1(C)CCc2nc(-c3ccc(O)c(Cl)c3)sc2C1=O. The van der Waals surface area contributed by atoms with Gasteiger partial charge < -0.3 is 5.11 Å². The van der Waals surface area contributed by atoms with Crippen molar-refractivity contribution < 1.29 is 9.90 Å². The summed E-state index contributed by atoms with van der Waals surface area (Å²) < 4.78 is 0. The largest absolute Gasteiger partial charge is 0.506 e. The van der Waals surface area contributed by atoms with Crippen molar-refractivity contribution in [3.05, 3.63) is 33.8 Å². The molecule has 1 aliphatic carbocycles. The summed E-state index contributed by atoms with van der Waals surface area (Å²) in [5.41, 5.74) is 1.42. The number of aryl methyl sites for hydroxylation is 1. The third-order valence-electron chi connectivity index (χ3n) is 3.70. The summed E-state index contributed by atoms with van der Waals surface area (Å²) in [6.45, 7) is 3.96. The summed E-state index contributed by atoms with van der Waals surface area (Å²) >= 11 is 7.34. The topological polar surface area (TPSA) is 50.2 Å². The number of halogens is 1. The van der Waals surface area contributed by atoms with Crippen LogP contribution in [0, 0.1) is 5.41 Å². The Morgan fingerprint density at radius 2 is 2.15 bits per heavy atom. The van der Waals surface area contributed by atoms with Gasteiger partial charge >= 0.3 is 0 Å². The van der Waals surface area contributed by atoms with E-state index in [-0.39, 0.29) is 16.9 Å². The lowest BCUT2D eigenvalue weighted by Crippen LogP contribution is -2.29. The molecule has 1 N–H and O–H groups in total. The zero-order valence-electron chi connectivity index (χ0n) is 11.2. The minimum atomic E-state index is -0.302. The van der Waals surface area contributed by atoms with Crippen molar-refractivity contribution in [2.24, 2.45) is 5.41 Å². The number of thiazole rings is 1. The first-order chi connectivity index (χ1) is 9.38. The third kappa shape index (κ3) is 2.13. The maximum absolute atomic E-state index is 12.4. The Hall–Kier alpha value is -1.39. The van der Waals surface area contributed by atoms with Crippen molar-refractivity contribution in [3.63, 3.8) is 0 Å². The molecule has 0 saturated heterocycles. The summed E-state index contributed by atoms with van der Waals surface area (Å²) in [6.07, 6.45) is 1.66. The van der Waals surface area contributed by atoms with Crippen LogP contribution in [0.1, 0.15) is 35.6 Å². The van der Waals surface area contributed by atoms with Gasteiger partial charge in [-0.05, 0) is 31.0 Å². The summed E-state index contributed by atoms with van der Waals surface area (Å²) in [5, 5.41) is 10.5. The number of hydrogen-bond acceptors (Lipinski definition) is 4. The minimum Gasteiger partial charge on any atom is -0.506 e. The average Bonchev–Trinajstić information content (AvgIpc) is 2.82. The maximum Gasteiger partial charge on any atom is 0.180 e. The smallest absolute Gasteiger partial charge is 0.180 e. The van der Waals surface area contributed by atoms with E-state index in [1.54, 1.807) is 18.2 Å². The molecule has 0 fully saturated rings. The zero-order chi connectivity index (χ0) is 14.5. The molecule has 1 aromatic carbocycles. The molecule has 0 bridgehead atoms. The molecule has 5 heteroatoms. The normalized spacial score (nSPS) is 17.1. The van der Waals surface area contributed by atoms with E-state index in [0.29, 0.717) is 5.02 Å². The van der Waals surface area contributed by atoms with E-state index in [4.69, 9.17) is 11.6 Å². The highest BCUT2D eigenvalue weighted by Gasteiger charge is 2.36. The standard InChI is InChI=1S/C15H14ClNO2S/c1-15(2)6-5-10-12(13(15)19)20-14(17-10)8-3-4-11(18)9(16)7-8/h3-4,7,18H,5-6H2,1-2H3. The highest BCUT2D eigenvalue weighted by molar-refractivity contribution is 7.17. The quantitative estimate of drug-likeness (QED) is 0.853. The van der Waals surface area contributed by atoms with Gasteiger partial charge in [0.2, 0.25) is 0 Å². The minimum absolute atomic E-state index is 0.0499. The molecule has 1 aromatic heterocycles. The van der Waals surface area contributed by atoms with Gasteiger partial charge in [0.1, 0.15) is 10.8 Å². The molecule has 0 unspecified atom stereocenters. The lowest BCUT2D eigenvalue weighted by molar-refractivity contribution is 0.0815. The third-order valence-corrected chi connectivity index (χ3v) is 5.15. The van der Waals surface area contributed by atoms with Crippen molar-refractivity contribution in [3.8, 4) is 16.3 Å². The van der Waals surface area contributed by atoms with Crippen LogP contribution in [0.25, 0.3) is 10.6 Å². The Morgan fingerprint density at radius 1 is 1.40 bits per heavy atom. The molecule has 20 heavy (non-hydrogen) atoms. The monoisotopic (exact) mass is 307 g/mol. The van der Waals surface area contributed by atoms with Crippen molar-refractivity contribution in [2.45, 2.75) is 26.7 Å². The molecule has 1 heterocycles. The molecule has 0 spiro atoms. The fourth-order valence-electron chi connectivity index (χ4n) is 2.31. The molecule has 3 nitrogen and oxygen atoms in total. The van der Waals surface area contributed by atoms with Crippen molar-refractivity contribution in [1.29, 1.82) is 0 Å². The summed E-state index contributed by atoms with van der Waals surface area (Å²) in [6, 6.07) is 4.99. The van der Waals surface area contributed by atoms with E-state index in [2.05, 4.69) is 4.98 Å². The Labute approximate surface area is 126 Å². The fraction of sp³-hybridized carbons (Fsp3) is 0.333. The molecule has 0 amide bonds. The van der Waals surface area contributed by atoms with Crippen LogP contribution in [0.5, 0.6) is 5.75 Å². The molecule has 3 rings (SSSR count). The maximum atomic E-state index is 12.4. The first-order valence-corrected chi connectivity index (χ1v) is 7.61. The van der Waals surface area contributed by atoms with Gasteiger partial charge in [-0.15, -0.1) is 11.3 Å². The number of phenols is 1. The number of carbonyl (C=O) groups is 1. The van der Waals surface area contributed by atoms with Gasteiger partial charge in [0.25, 0.3) is 0 Å². The van der Waals surface area contributed by atoms with Crippen molar-refractivity contribution >= 4 is 28.7 Å². The van der Waals surface area contributed by atoms with Gasteiger partial charge in [-0.25, -0.2) is 4.98 Å². The number of benzene rings is 1. The van der Waals surface area contributed by atoms with Crippen LogP contribution in [-0.2, 0) is 6.42 Å². The second-order valence-corrected chi connectivity index (χ2v) is 7.08. The fourth-order valence-corrected chi connectivity index (χ4v) is 3.72. The first-order valence-electron chi connectivity index (χ1n) is 6.42. The lowest BCUT2D eigenvalue weighted by Gasteiger charge is -2.26. The van der Waals surface area contributed by atoms with Crippen LogP contribution in [-0.4, -0.2) is 15.9 Å². The highest BCUT2D eigenvalue weighted by Crippen LogP contribution is 2.40. The highest BCUT2D eigenvalue weighted by atomic mass is 35.5. The summed E-state index contributed by atoms with van der Waals surface area (Å²) in [5.74, 6) is 0.223. The van der Waals surface area contributed by atoms with E-state index in [1.165, 1.54) is 11.3 Å². The molecule has 2 aromatic rings. The lowest BCUT2D eigenvalue weighted by atomic mass is 9.78. The van der Waals surface area contributed by atoms with Crippen LogP contribution < -0.4 is 0 Å². The summed E-state index contributed by atoms with van der Waals surface area (Å²) in [4.78, 5) is 17.7. The average molecular weight is 308 g/mol. The number of rotatable bonds is 1. The van der Waals surface area contributed by atoms with Gasteiger partial charge in [0.05, 0.1) is 15.6 Å². The molecule has 0 radical (unpaired) electrons. The van der Waals surface area contributed by atoms with Gasteiger partial charge in [-0.1, -0.05) is 25.4 Å².